The number of nitrogens with zero attached hydrogens (tertiary/aromatic N) is 2. The third-order valence-electron chi connectivity index (χ3n) is 3.44. The van der Waals surface area contributed by atoms with Crippen LogP contribution in [0.1, 0.15) is 12.7 Å². The summed E-state index contributed by atoms with van der Waals surface area (Å²) in [5.74, 6) is 3.23. The number of halogens is 1. The zero-order chi connectivity index (χ0) is 17.6. The number of H-pyrrole nitrogens is 1. The van der Waals surface area contributed by atoms with Crippen molar-refractivity contribution in [2.45, 2.75) is 13.5 Å². The molecule has 25 heavy (non-hydrogen) atoms. The molecule has 1 aromatic heterocycles. The zero-order valence-electron chi connectivity index (χ0n) is 14.0. The molecular formula is C18H18ClN3O3. The van der Waals surface area contributed by atoms with Crippen molar-refractivity contribution in [2.24, 2.45) is 0 Å². The Kier molecular flexibility index (Phi) is 5.40. The molecule has 0 amide bonds. The second-order valence-corrected chi connectivity index (χ2v) is 5.58. The van der Waals surface area contributed by atoms with E-state index in [1.165, 1.54) is 0 Å². The van der Waals surface area contributed by atoms with Gasteiger partial charge >= 0.3 is 0 Å². The van der Waals surface area contributed by atoms with Crippen LogP contribution in [0.4, 0.5) is 0 Å². The van der Waals surface area contributed by atoms with Crippen LogP contribution in [-0.4, -0.2) is 28.9 Å². The fourth-order valence-electron chi connectivity index (χ4n) is 2.25. The maximum Gasteiger partial charge on any atom is 0.181 e. The Bertz CT molecular complexity index is 834. The minimum absolute atomic E-state index is 0.281. The summed E-state index contributed by atoms with van der Waals surface area (Å²) in [5.41, 5.74) is 0.828. The second-order valence-electron chi connectivity index (χ2n) is 5.15. The van der Waals surface area contributed by atoms with Crippen LogP contribution < -0.4 is 14.2 Å². The van der Waals surface area contributed by atoms with Gasteiger partial charge < -0.3 is 14.2 Å². The van der Waals surface area contributed by atoms with Gasteiger partial charge in [-0.25, -0.2) is 4.98 Å². The van der Waals surface area contributed by atoms with Gasteiger partial charge in [0.1, 0.15) is 12.4 Å². The molecule has 0 aliphatic rings. The molecular weight excluding hydrogens is 342 g/mol. The van der Waals surface area contributed by atoms with E-state index in [2.05, 4.69) is 15.2 Å². The molecule has 6 nitrogen and oxygen atoms in total. The maximum atomic E-state index is 5.85. The van der Waals surface area contributed by atoms with Gasteiger partial charge in [0.2, 0.25) is 0 Å². The monoisotopic (exact) mass is 359 g/mol. The van der Waals surface area contributed by atoms with Gasteiger partial charge in [-0.2, -0.15) is 5.10 Å². The first-order chi connectivity index (χ1) is 12.2. The Morgan fingerprint density at radius 3 is 2.56 bits per heavy atom. The fraction of sp³-hybridized carbons (Fsp3) is 0.222. The average molecular weight is 360 g/mol. The molecule has 0 unspecified atom stereocenters. The molecule has 1 heterocycles. The number of nitrogens with one attached hydrogen (secondary N) is 1. The summed E-state index contributed by atoms with van der Waals surface area (Å²) in [6.07, 6.45) is 0. The van der Waals surface area contributed by atoms with E-state index < -0.39 is 0 Å². The predicted octanol–water partition coefficient (Wildman–Crippen LogP) is 4.11. The van der Waals surface area contributed by atoms with Gasteiger partial charge in [-0.15, -0.1) is 0 Å². The van der Waals surface area contributed by atoms with Crippen molar-refractivity contribution < 1.29 is 14.2 Å². The highest BCUT2D eigenvalue weighted by atomic mass is 35.5. The Morgan fingerprint density at radius 1 is 1.04 bits per heavy atom. The number of rotatable bonds is 7. The van der Waals surface area contributed by atoms with Crippen LogP contribution in [0.25, 0.3) is 11.4 Å². The average Bonchev–Trinajstić information content (AvgIpc) is 3.11. The van der Waals surface area contributed by atoms with E-state index in [0.29, 0.717) is 40.5 Å². The molecule has 0 bridgehead atoms. The molecule has 3 rings (SSSR count). The van der Waals surface area contributed by atoms with E-state index in [1.54, 1.807) is 31.4 Å². The molecule has 0 aliphatic carbocycles. The van der Waals surface area contributed by atoms with Crippen LogP contribution in [-0.2, 0) is 6.61 Å². The first-order valence-electron chi connectivity index (χ1n) is 7.80. The molecule has 130 valence electrons. The van der Waals surface area contributed by atoms with Crippen LogP contribution in [0.15, 0.2) is 42.5 Å². The van der Waals surface area contributed by atoms with Gasteiger partial charge in [0, 0.05) is 10.6 Å². The topological polar surface area (TPSA) is 69.3 Å². The number of hydrogen-bond donors (Lipinski definition) is 1. The molecule has 0 radical (unpaired) electrons. The van der Waals surface area contributed by atoms with Crippen molar-refractivity contribution >= 4 is 11.6 Å². The molecule has 0 atom stereocenters. The van der Waals surface area contributed by atoms with Crippen LogP contribution in [0.2, 0.25) is 5.02 Å². The third kappa shape index (κ3) is 4.22. The van der Waals surface area contributed by atoms with Crippen LogP contribution >= 0.6 is 11.6 Å². The number of ether oxygens (including phenoxy) is 3. The quantitative estimate of drug-likeness (QED) is 0.687. The van der Waals surface area contributed by atoms with Gasteiger partial charge in [0.25, 0.3) is 0 Å². The number of aromatic nitrogens is 3. The summed E-state index contributed by atoms with van der Waals surface area (Å²) in [4.78, 5) is 4.45. The minimum Gasteiger partial charge on any atom is -0.493 e. The molecule has 0 saturated heterocycles. The molecule has 2 aromatic carbocycles. The van der Waals surface area contributed by atoms with Crippen molar-refractivity contribution in [3.63, 3.8) is 0 Å². The third-order valence-corrected chi connectivity index (χ3v) is 3.69. The predicted molar refractivity (Wildman–Crippen MR) is 95.3 cm³/mol. The van der Waals surface area contributed by atoms with E-state index in [4.69, 9.17) is 25.8 Å². The normalized spacial score (nSPS) is 10.5. The van der Waals surface area contributed by atoms with Crippen molar-refractivity contribution in [1.29, 1.82) is 0 Å². The molecule has 1 N–H and O–H groups in total. The lowest BCUT2D eigenvalue weighted by atomic mass is 10.2. The van der Waals surface area contributed by atoms with E-state index in [1.807, 2.05) is 25.1 Å². The van der Waals surface area contributed by atoms with Crippen molar-refractivity contribution in [2.75, 3.05) is 13.7 Å². The largest absolute Gasteiger partial charge is 0.493 e. The SMILES string of the molecule is CCOc1ccc(-c2n[nH]c(COc3ccc(Cl)cc3)n2)cc1OC. The summed E-state index contributed by atoms with van der Waals surface area (Å²) in [6, 6.07) is 12.7. The lowest BCUT2D eigenvalue weighted by molar-refractivity contribution is 0.296. The van der Waals surface area contributed by atoms with E-state index in [-0.39, 0.29) is 6.61 Å². The summed E-state index contributed by atoms with van der Waals surface area (Å²) in [6.45, 7) is 2.78. The number of aromatic amines is 1. The lowest BCUT2D eigenvalue weighted by Gasteiger charge is -2.09. The molecule has 3 aromatic rings. The van der Waals surface area contributed by atoms with Crippen LogP contribution in [0, 0.1) is 0 Å². The molecule has 0 saturated carbocycles. The van der Waals surface area contributed by atoms with Crippen molar-refractivity contribution in [3.8, 4) is 28.6 Å². The van der Waals surface area contributed by atoms with E-state index in [0.717, 1.165) is 5.56 Å². The first-order valence-corrected chi connectivity index (χ1v) is 8.18. The lowest BCUT2D eigenvalue weighted by Crippen LogP contribution is -1.97. The number of methoxy groups -OCH3 is 1. The smallest absolute Gasteiger partial charge is 0.181 e. The van der Waals surface area contributed by atoms with Gasteiger partial charge in [-0.1, -0.05) is 11.6 Å². The highest BCUT2D eigenvalue weighted by molar-refractivity contribution is 6.30. The van der Waals surface area contributed by atoms with Crippen LogP contribution in [0.5, 0.6) is 17.2 Å². The number of hydrogen-bond acceptors (Lipinski definition) is 5. The maximum absolute atomic E-state index is 5.85. The molecule has 7 heteroatoms. The van der Waals surface area contributed by atoms with Gasteiger partial charge in [-0.3, -0.25) is 5.10 Å². The van der Waals surface area contributed by atoms with Crippen LogP contribution in [0.3, 0.4) is 0 Å². The molecule has 0 aliphatic heterocycles. The number of benzene rings is 2. The Morgan fingerprint density at radius 2 is 1.84 bits per heavy atom. The minimum atomic E-state index is 0.281. The van der Waals surface area contributed by atoms with Crippen molar-refractivity contribution in [3.05, 3.63) is 53.3 Å². The first kappa shape index (κ1) is 17.1. The Balaban J connectivity index is 1.71. The van der Waals surface area contributed by atoms with Gasteiger partial charge in [0.15, 0.2) is 23.1 Å². The van der Waals surface area contributed by atoms with Gasteiger partial charge in [-0.05, 0) is 49.4 Å². The molecule has 0 spiro atoms. The highest BCUT2D eigenvalue weighted by Gasteiger charge is 2.11. The van der Waals surface area contributed by atoms with E-state index in [9.17, 15) is 0 Å². The second kappa shape index (κ2) is 7.90. The summed E-state index contributed by atoms with van der Waals surface area (Å²) >= 11 is 5.85. The summed E-state index contributed by atoms with van der Waals surface area (Å²) < 4.78 is 16.5. The highest BCUT2D eigenvalue weighted by Crippen LogP contribution is 2.31. The molecule has 0 fully saturated rings. The van der Waals surface area contributed by atoms with Crippen molar-refractivity contribution in [1.82, 2.24) is 15.2 Å². The zero-order valence-corrected chi connectivity index (χ0v) is 14.7. The Hall–Kier alpha value is -2.73. The summed E-state index contributed by atoms with van der Waals surface area (Å²) in [7, 11) is 1.60. The fourth-order valence-corrected chi connectivity index (χ4v) is 2.38. The standard InChI is InChI=1S/C18H18ClN3O3/c1-3-24-15-9-4-12(10-16(15)23-2)18-20-17(21-22-18)11-25-14-7-5-13(19)6-8-14/h4-10H,3,11H2,1-2H3,(H,20,21,22). The summed E-state index contributed by atoms with van der Waals surface area (Å²) in [5, 5.41) is 7.77. The Labute approximate surface area is 150 Å². The van der Waals surface area contributed by atoms with Gasteiger partial charge in [0.05, 0.1) is 13.7 Å². The van der Waals surface area contributed by atoms with E-state index >= 15 is 0 Å².